The number of anilines is 1. The molecule has 0 amide bonds. The van der Waals surface area contributed by atoms with Gasteiger partial charge in [0.2, 0.25) is 0 Å². The highest BCUT2D eigenvalue weighted by atomic mass is 79.9. The Kier molecular flexibility index (Phi) is 3.50. The van der Waals surface area contributed by atoms with E-state index in [0.29, 0.717) is 17.8 Å². The van der Waals surface area contributed by atoms with Crippen molar-refractivity contribution in [2.75, 3.05) is 18.0 Å². The van der Waals surface area contributed by atoms with Gasteiger partial charge in [-0.3, -0.25) is 0 Å². The molecule has 2 atom stereocenters. The monoisotopic (exact) mass is 286 g/mol. The number of nitrogens with one attached hydrogen (secondary N) is 1. The zero-order chi connectivity index (χ0) is 11.7. The molecule has 2 nitrogen and oxygen atoms in total. The molecule has 1 saturated heterocycles. The Morgan fingerprint density at radius 1 is 1.44 bits per heavy atom. The van der Waals surface area contributed by atoms with E-state index in [9.17, 15) is 4.39 Å². The third kappa shape index (κ3) is 2.38. The van der Waals surface area contributed by atoms with E-state index in [1.165, 1.54) is 6.07 Å². The third-order valence-corrected chi connectivity index (χ3v) is 3.48. The maximum Gasteiger partial charge on any atom is 0.146 e. The smallest absolute Gasteiger partial charge is 0.146 e. The quantitative estimate of drug-likeness (QED) is 0.854. The van der Waals surface area contributed by atoms with Crippen molar-refractivity contribution in [2.24, 2.45) is 0 Å². The van der Waals surface area contributed by atoms with E-state index in [-0.39, 0.29) is 5.82 Å². The molecule has 0 aliphatic carbocycles. The minimum absolute atomic E-state index is 0.149. The molecular formula is C12H16BrFN2. The number of nitrogens with zero attached hydrogens (tertiary/aromatic N) is 1. The van der Waals surface area contributed by atoms with Crippen LogP contribution in [-0.4, -0.2) is 25.2 Å². The molecule has 1 fully saturated rings. The standard InChI is InChI=1S/C12H16BrFN2/c1-8-7-16(9(2)6-15-8)12-5-10(13)3-4-11(12)14/h3-5,8-9,15H,6-7H2,1-2H3. The Labute approximate surface area is 104 Å². The minimum atomic E-state index is -0.149. The van der Waals surface area contributed by atoms with Gasteiger partial charge in [-0.15, -0.1) is 0 Å². The van der Waals surface area contributed by atoms with E-state index < -0.39 is 0 Å². The van der Waals surface area contributed by atoms with Gasteiger partial charge in [0.25, 0.3) is 0 Å². The van der Waals surface area contributed by atoms with Crippen LogP contribution in [0.3, 0.4) is 0 Å². The Hall–Kier alpha value is -0.610. The van der Waals surface area contributed by atoms with E-state index in [0.717, 1.165) is 17.6 Å². The first kappa shape index (κ1) is 11.9. The Bertz CT molecular complexity index is 383. The number of piperazine rings is 1. The largest absolute Gasteiger partial charge is 0.364 e. The summed E-state index contributed by atoms with van der Waals surface area (Å²) in [6.45, 7) is 5.97. The van der Waals surface area contributed by atoms with Crippen molar-refractivity contribution in [2.45, 2.75) is 25.9 Å². The lowest BCUT2D eigenvalue weighted by molar-refractivity contribution is 0.420. The number of benzene rings is 1. The number of hydrogen-bond donors (Lipinski definition) is 1. The maximum atomic E-state index is 13.8. The van der Waals surface area contributed by atoms with Crippen molar-refractivity contribution in [3.63, 3.8) is 0 Å². The molecule has 1 aliphatic heterocycles. The molecule has 2 unspecified atom stereocenters. The summed E-state index contributed by atoms with van der Waals surface area (Å²) in [5.74, 6) is -0.149. The van der Waals surface area contributed by atoms with Gasteiger partial charge in [0.05, 0.1) is 5.69 Å². The fraction of sp³-hybridized carbons (Fsp3) is 0.500. The van der Waals surface area contributed by atoms with E-state index in [4.69, 9.17) is 0 Å². The molecule has 1 aliphatic rings. The van der Waals surface area contributed by atoms with Crippen LogP contribution in [0.5, 0.6) is 0 Å². The van der Waals surface area contributed by atoms with Crippen LogP contribution < -0.4 is 10.2 Å². The van der Waals surface area contributed by atoms with Gasteiger partial charge in [0, 0.05) is 29.6 Å². The molecule has 1 aromatic carbocycles. The van der Waals surface area contributed by atoms with Gasteiger partial charge < -0.3 is 10.2 Å². The lowest BCUT2D eigenvalue weighted by atomic mass is 10.1. The van der Waals surface area contributed by atoms with E-state index in [1.807, 2.05) is 6.07 Å². The number of hydrogen-bond acceptors (Lipinski definition) is 2. The van der Waals surface area contributed by atoms with Crippen LogP contribution in [0, 0.1) is 5.82 Å². The van der Waals surface area contributed by atoms with Crippen LogP contribution in [-0.2, 0) is 0 Å². The highest BCUT2D eigenvalue weighted by Crippen LogP contribution is 2.26. The summed E-state index contributed by atoms with van der Waals surface area (Å²) in [5, 5.41) is 3.39. The lowest BCUT2D eigenvalue weighted by Gasteiger charge is -2.39. The number of halogens is 2. The van der Waals surface area contributed by atoms with Gasteiger partial charge in [-0.1, -0.05) is 15.9 Å². The van der Waals surface area contributed by atoms with Crippen molar-refractivity contribution in [3.8, 4) is 0 Å². The molecule has 1 N–H and O–H groups in total. The number of rotatable bonds is 1. The summed E-state index contributed by atoms with van der Waals surface area (Å²) in [4.78, 5) is 2.13. The fourth-order valence-corrected chi connectivity index (χ4v) is 2.41. The first-order valence-electron chi connectivity index (χ1n) is 5.53. The van der Waals surface area contributed by atoms with Crippen LogP contribution in [0.4, 0.5) is 10.1 Å². The van der Waals surface area contributed by atoms with Crippen LogP contribution in [0.1, 0.15) is 13.8 Å². The van der Waals surface area contributed by atoms with Crippen molar-refractivity contribution in [1.82, 2.24) is 5.32 Å². The molecule has 0 radical (unpaired) electrons. The Balaban J connectivity index is 2.30. The predicted octanol–water partition coefficient (Wildman–Crippen LogP) is 2.77. The highest BCUT2D eigenvalue weighted by Gasteiger charge is 2.24. The normalized spacial score (nSPS) is 25.9. The molecule has 0 saturated carbocycles. The van der Waals surface area contributed by atoms with Gasteiger partial charge in [0.1, 0.15) is 5.82 Å². The molecule has 0 bridgehead atoms. The highest BCUT2D eigenvalue weighted by molar-refractivity contribution is 9.10. The van der Waals surface area contributed by atoms with Crippen LogP contribution >= 0.6 is 15.9 Å². The van der Waals surface area contributed by atoms with Crippen molar-refractivity contribution in [1.29, 1.82) is 0 Å². The van der Waals surface area contributed by atoms with E-state index in [1.54, 1.807) is 6.07 Å². The van der Waals surface area contributed by atoms with Crippen LogP contribution in [0.25, 0.3) is 0 Å². The van der Waals surface area contributed by atoms with Gasteiger partial charge in [0.15, 0.2) is 0 Å². The SMILES string of the molecule is CC1CN(c2cc(Br)ccc2F)C(C)CN1. The summed E-state index contributed by atoms with van der Waals surface area (Å²) >= 11 is 3.39. The Morgan fingerprint density at radius 3 is 2.94 bits per heavy atom. The molecule has 16 heavy (non-hydrogen) atoms. The summed E-state index contributed by atoms with van der Waals surface area (Å²) in [5.41, 5.74) is 0.690. The first-order valence-corrected chi connectivity index (χ1v) is 6.32. The van der Waals surface area contributed by atoms with Gasteiger partial charge >= 0.3 is 0 Å². The first-order chi connectivity index (χ1) is 7.58. The summed E-state index contributed by atoms with van der Waals surface area (Å²) in [6, 6.07) is 5.81. The van der Waals surface area contributed by atoms with Crippen LogP contribution in [0.2, 0.25) is 0 Å². The van der Waals surface area contributed by atoms with Gasteiger partial charge in [-0.2, -0.15) is 0 Å². The van der Waals surface area contributed by atoms with E-state index in [2.05, 4.69) is 40.0 Å². The van der Waals surface area contributed by atoms with Gasteiger partial charge in [-0.25, -0.2) is 4.39 Å². The maximum absolute atomic E-state index is 13.8. The molecular weight excluding hydrogens is 271 g/mol. The van der Waals surface area contributed by atoms with Gasteiger partial charge in [-0.05, 0) is 32.0 Å². The third-order valence-electron chi connectivity index (χ3n) is 2.98. The topological polar surface area (TPSA) is 15.3 Å². The molecule has 2 rings (SSSR count). The summed E-state index contributed by atoms with van der Waals surface area (Å²) < 4.78 is 14.7. The van der Waals surface area contributed by atoms with Crippen molar-refractivity contribution >= 4 is 21.6 Å². The molecule has 0 spiro atoms. The fourth-order valence-electron chi connectivity index (χ4n) is 2.06. The zero-order valence-corrected chi connectivity index (χ0v) is 11.1. The molecule has 88 valence electrons. The average Bonchev–Trinajstić information content (AvgIpc) is 2.25. The van der Waals surface area contributed by atoms with E-state index >= 15 is 0 Å². The van der Waals surface area contributed by atoms with Crippen molar-refractivity contribution in [3.05, 3.63) is 28.5 Å². The predicted molar refractivity (Wildman–Crippen MR) is 68.4 cm³/mol. The Morgan fingerprint density at radius 2 is 2.19 bits per heavy atom. The second-order valence-electron chi connectivity index (χ2n) is 4.41. The summed E-state index contributed by atoms with van der Waals surface area (Å²) in [6.07, 6.45) is 0. The summed E-state index contributed by atoms with van der Waals surface area (Å²) in [7, 11) is 0. The van der Waals surface area contributed by atoms with Crippen molar-refractivity contribution < 1.29 is 4.39 Å². The lowest BCUT2D eigenvalue weighted by Crippen LogP contribution is -2.54. The minimum Gasteiger partial charge on any atom is -0.364 e. The second kappa shape index (κ2) is 4.72. The molecule has 4 heteroatoms. The molecule has 1 heterocycles. The average molecular weight is 287 g/mol. The molecule has 0 aromatic heterocycles. The zero-order valence-electron chi connectivity index (χ0n) is 9.50. The second-order valence-corrected chi connectivity index (χ2v) is 5.32. The molecule has 1 aromatic rings. The van der Waals surface area contributed by atoms with Crippen LogP contribution in [0.15, 0.2) is 22.7 Å².